The molecule has 1 aromatic rings. The van der Waals surface area contributed by atoms with Gasteiger partial charge in [-0.15, -0.1) is 0 Å². The molecule has 2 N–H and O–H groups in total. The number of likely N-dealkylation sites (N-methyl/N-ethyl adjacent to an activating group) is 1. The molecule has 1 heterocycles. The molecule has 94 valence electrons. The van der Waals surface area contributed by atoms with Crippen LogP contribution in [-0.4, -0.2) is 44.2 Å². The number of thioether (sulfide) groups is 1. The van der Waals surface area contributed by atoms with Gasteiger partial charge in [-0.3, -0.25) is 4.79 Å². The van der Waals surface area contributed by atoms with Crippen LogP contribution < -0.4 is 5.32 Å². The Balaban J connectivity index is 2.08. The molecule has 0 bridgehead atoms. The van der Waals surface area contributed by atoms with Gasteiger partial charge in [-0.1, -0.05) is 11.8 Å². The second-order valence-corrected chi connectivity index (χ2v) is 5.20. The van der Waals surface area contributed by atoms with Gasteiger partial charge >= 0.3 is 5.97 Å². The summed E-state index contributed by atoms with van der Waals surface area (Å²) in [4.78, 5) is 15.5. The van der Waals surface area contributed by atoms with Crippen molar-refractivity contribution in [2.75, 3.05) is 12.8 Å². The van der Waals surface area contributed by atoms with E-state index in [0.717, 1.165) is 18.0 Å². The Morgan fingerprint density at radius 2 is 2.47 bits per heavy atom. The van der Waals surface area contributed by atoms with E-state index in [1.807, 2.05) is 0 Å². The van der Waals surface area contributed by atoms with Crippen LogP contribution in [0.3, 0.4) is 0 Å². The van der Waals surface area contributed by atoms with Crippen LogP contribution in [0.5, 0.6) is 0 Å². The van der Waals surface area contributed by atoms with Gasteiger partial charge in [-0.25, -0.2) is 9.67 Å². The van der Waals surface area contributed by atoms with E-state index in [1.54, 1.807) is 18.8 Å². The Kier molecular flexibility index (Phi) is 3.39. The Hall–Kier alpha value is -1.08. The average molecular weight is 256 g/mol. The lowest BCUT2D eigenvalue weighted by Gasteiger charge is -2.28. The molecule has 0 saturated heterocycles. The van der Waals surface area contributed by atoms with Crippen molar-refractivity contribution in [3.05, 3.63) is 6.33 Å². The van der Waals surface area contributed by atoms with Crippen molar-refractivity contribution >= 4 is 17.7 Å². The van der Waals surface area contributed by atoms with Crippen LogP contribution in [0.4, 0.5) is 0 Å². The molecule has 1 saturated carbocycles. The molecule has 2 rings (SSSR count). The molecule has 1 aromatic heterocycles. The fraction of sp³-hybridized carbons (Fsp3) is 0.700. The number of hydrogen-bond acceptors (Lipinski definition) is 5. The van der Waals surface area contributed by atoms with E-state index in [0.29, 0.717) is 5.75 Å². The Morgan fingerprint density at radius 1 is 1.76 bits per heavy atom. The molecule has 17 heavy (non-hydrogen) atoms. The van der Waals surface area contributed by atoms with Gasteiger partial charge < -0.3 is 10.4 Å². The first-order valence-electron chi connectivity index (χ1n) is 5.49. The molecule has 1 unspecified atom stereocenters. The van der Waals surface area contributed by atoms with Gasteiger partial charge in [0.25, 0.3) is 0 Å². The molecule has 1 aliphatic rings. The summed E-state index contributed by atoms with van der Waals surface area (Å²) in [6.07, 6.45) is 3.43. The predicted molar refractivity (Wildman–Crippen MR) is 63.9 cm³/mol. The first kappa shape index (κ1) is 12.4. The molecule has 0 radical (unpaired) electrons. The predicted octanol–water partition coefficient (Wildman–Crippen LogP) is 0.360. The summed E-state index contributed by atoms with van der Waals surface area (Å²) < 4.78 is 1.65. The molecule has 7 heteroatoms. The van der Waals surface area contributed by atoms with Crippen LogP contribution in [0, 0.1) is 5.92 Å². The highest BCUT2D eigenvalue weighted by molar-refractivity contribution is 7.99. The van der Waals surface area contributed by atoms with E-state index in [2.05, 4.69) is 15.4 Å². The van der Waals surface area contributed by atoms with Crippen molar-refractivity contribution in [2.45, 2.75) is 23.5 Å². The summed E-state index contributed by atoms with van der Waals surface area (Å²) in [7, 11) is 3.51. The summed E-state index contributed by atoms with van der Waals surface area (Å²) in [5.41, 5.74) is -0.837. The number of carboxylic acid groups (broad SMARTS) is 1. The quantitative estimate of drug-likeness (QED) is 0.715. The van der Waals surface area contributed by atoms with Crippen molar-refractivity contribution in [2.24, 2.45) is 13.0 Å². The van der Waals surface area contributed by atoms with Gasteiger partial charge in [-0.05, 0) is 25.8 Å². The number of rotatable bonds is 6. The Labute approximate surface area is 104 Å². The van der Waals surface area contributed by atoms with Gasteiger partial charge in [-0.2, -0.15) is 5.10 Å². The second-order valence-electron chi connectivity index (χ2n) is 4.26. The highest BCUT2D eigenvalue weighted by Crippen LogP contribution is 2.42. The number of nitrogens with one attached hydrogen (secondary N) is 1. The van der Waals surface area contributed by atoms with Gasteiger partial charge in [0.2, 0.25) is 0 Å². The van der Waals surface area contributed by atoms with E-state index in [-0.39, 0.29) is 5.92 Å². The molecule has 6 nitrogen and oxygen atoms in total. The lowest BCUT2D eigenvalue weighted by molar-refractivity contribution is -0.144. The third-order valence-corrected chi connectivity index (χ3v) is 4.43. The van der Waals surface area contributed by atoms with Crippen LogP contribution >= 0.6 is 11.8 Å². The standard InChI is InChI=1S/C10H16N4O2S/c1-11-10(8(15)16,7-3-4-7)5-17-9-12-6-13-14(9)2/h6-7,11H,3-5H2,1-2H3,(H,15,16). The molecule has 0 amide bonds. The van der Waals surface area contributed by atoms with Crippen molar-refractivity contribution in [1.29, 1.82) is 0 Å². The van der Waals surface area contributed by atoms with E-state index in [1.165, 1.54) is 18.1 Å². The van der Waals surface area contributed by atoms with E-state index in [9.17, 15) is 9.90 Å². The average Bonchev–Trinajstić information content (AvgIpc) is 3.05. The number of aryl methyl sites for hydroxylation is 1. The van der Waals surface area contributed by atoms with Crippen molar-refractivity contribution in [3.8, 4) is 0 Å². The summed E-state index contributed by atoms with van der Waals surface area (Å²) in [5, 5.41) is 17.1. The largest absolute Gasteiger partial charge is 0.480 e. The van der Waals surface area contributed by atoms with Gasteiger partial charge in [0.15, 0.2) is 5.16 Å². The Bertz CT molecular complexity index is 418. The first-order valence-corrected chi connectivity index (χ1v) is 6.48. The maximum absolute atomic E-state index is 11.5. The highest BCUT2D eigenvalue weighted by atomic mass is 32.2. The zero-order valence-electron chi connectivity index (χ0n) is 9.88. The molecular weight excluding hydrogens is 240 g/mol. The number of carboxylic acids is 1. The molecule has 1 fully saturated rings. The SMILES string of the molecule is CNC(CSc1ncnn1C)(C(=O)O)C1CC1. The molecule has 1 aliphatic carbocycles. The summed E-state index contributed by atoms with van der Waals surface area (Å²) >= 11 is 1.43. The smallest absolute Gasteiger partial charge is 0.325 e. The van der Waals surface area contributed by atoms with Crippen molar-refractivity contribution < 1.29 is 9.90 Å². The summed E-state index contributed by atoms with van der Waals surface area (Å²) in [6.45, 7) is 0. The monoisotopic (exact) mass is 256 g/mol. The first-order chi connectivity index (χ1) is 8.10. The molecule has 0 aliphatic heterocycles. The van der Waals surface area contributed by atoms with Crippen LogP contribution in [0.25, 0.3) is 0 Å². The van der Waals surface area contributed by atoms with Crippen LogP contribution in [0.1, 0.15) is 12.8 Å². The van der Waals surface area contributed by atoms with Crippen LogP contribution in [0.2, 0.25) is 0 Å². The molecule has 1 atom stereocenters. The lowest BCUT2D eigenvalue weighted by Crippen LogP contribution is -2.54. The van der Waals surface area contributed by atoms with Gasteiger partial charge in [0.05, 0.1) is 0 Å². The fourth-order valence-electron chi connectivity index (χ4n) is 1.91. The molecular formula is C10H16N4O2S. The summed E-state index contributed by atoms with van der Waals surface area (Å²) in [6, 6.07) is 0. The Morgan fingerprint density at radius 3 is 2.88 bits per heavy atom. The minimum absolute atomic E-state index is 0.228. The van der Waals surface area contributed by atoms with E-state index >= 15 is 0 Å². The van der Waals surface area contributed by atoms with E-state index in [4.69, 9.17) is 0 Å². The lowest BCUT2D eigenvalue weighted by atomic mass is 9.96. The minimum atomic E-state index is -0.837. The third-order valence-electron chi connectivity index (χ3n) is 3.20. The normalized spacial score (nSPS) is 18.9. The van der Waals surface area contributed by atoms with Crippen LogP contribution in [-0.2, 0) is 11.8 Å². The topological polar surface area (TPSA) is 80.0 Å². The number of aromatic nitrogens is 3. The van der Waals surface area contributed by atoms with Crippen molar-refractivity contribution in [1.82, 2.24) is 20.1 Å². The fourth-order valence-corrected chi connectivity index (χ4v) is 3.12. The zero-order chi connectivity index (χ0) is 12.5. The molecule has 0 spiro atoms. The maximum atomic E-state index is 11.5. The minimum Gasteiger partial charge on any atom is -0.480 e. The molecule has 0 aromatic carbocycles. The number of nitrogens with zero attached hydrogens (tertiary/aromatic N) is 3. The van der Waals surface area contributed by atoms with E-state index < -0.39 is 11.5 Å². The number of carbonyl (C=O) groups is 1. The van der Waals surface area contributed by atoms with Crippen LogP contribution in [0.15, 0.2) is 11.5 Å². The zero-order valence-corrected chi connectivity index (χ0v) is 10.7. The third kappa shape index (κ3) is 2.30. The highest BCUT2D eigenvalue weighted by Gasteiger charge is 2.50. The van der Waals surface area contributed by atoms with Crippen molar-refractivity contribution in [3.63, 3.8) is 0 Å². The second kappa shape index (κ2) is 4.66. The van der Waals surface area contributed by atoms with Gasteiger partial charge in [0.1, 0.15) is 11.9 Å². The maximum Gasteiger partial charge on any atom is 0.325 e. The number of hydrogen-bond donors (Lipinski definition) is 2. The summed E-state index contributed by atoms with van der Waals surface area (Å²) in [5.74, 6) is -0.0846. The van der Waals surface area contributed by atoms with Gasteiger partial charge in [0, 0.05) is 12.8 Å². The number of aliphatic carboxylic acids is 1.